The molecule has 3 N–H and O–H groups in total. The SMILES string of the molecule is CSC(=N)Nc1c(-c2ccc(O[C@H]3CCC[C@H](C(=O)O)C3)c(C)n2)nnn1C. The largest absolute Gasteiger partial charge is 0.489 e. The lowest BCUT2D eigenvalue weighted by Gasteiger charge is -2.27. The topological polar surface area (TPSA) is 126 Å². The summed E-state index contributed by atoms with van der Waals surface area (Å²) >= 11 is 1.28. The second-order valence-electron chi connectivity index (χ2n) is 6.79. The van der Waals surface area contributed by atoms with Crippen molar-refractivity contribution in [2.45, 2.75) is 38.7 Å². The van der Waals surface area contributed by atoms with Crippen molar-refractivity contribution in [3.05, 3.63) is 17.8 Å². The highest BCUT2D eigenvalue weighted by Crippen LogP contribution is 2.31. The predicted octanol–water partition coefficient (Wildman–Crippen LogP) is 2.92. The third-order valence-corrected chi connectivity index (χ3v) is 5.32. The van der Waals surface area contributed by atoms with E-state index in [2.05, 4.69) is 20.6 Å². The van der Waals surface area contributed by atoms with Crippen LogP contribution in [0.25, 0.3) is 11.4 Å². The fraction of sp³-hybridized carbons (Fsp3) is 0.500. The summed E-state index contributed by atoms with van der Waals surface area (Å²) < 4.78 is 7.62. The van der Waals surface area contributed by atoms with E-state index in [9.17, 15) is 9.90 Å². The molecule has 0 amide bonds. The Labute approximate surface area is 167 Å². The van der Waals surface area contributed by atoms with Gasteiger partial charge in [0, 0.05) is 7.05 Å². The summed E-state index contributed by atoms with van der Waals surface area (Å²) in [6.07, 6.45) is 4.62. The zero-order chi connectivity index (χ0) is 20.3. The Morgan fingerprint density at radius 1 is 1.43 bits per heavy atom. The molecule has 0 spiro atoms. The van der Waals surface area contributed by atoms with E-state index in [1.165, 1.54) is 11.8 Å². The Hall–Kier alpha value is -2.62. The Morgan fingerprint density at radius 3 is 2.89 bits per heavy atom. The summed E-state index contributed by atoms with van der Waals surface area (Å²) in [6.45, 7) is 1.85. The zero-order valence-electron chi connectivity index (χ0n) is 16.1. The lowest BCUT2D eigenvalue weighted by Crippen LogP contribution is -2.29. The molecule has 0 unspecified atom stereocenters. The van der Waals surface area contributed by atoms with Crippen molar-refractivity contribution in [1.29, 1.82) is 5.41 Å². The highest BCUT2D eigenvalue weighted by atomic mass is 32.2. The van der Waals surface area contributed by atoms with Gasteiger partial charge in [0.15, 0.2) is 16.7 Å². The van der Waals surface area contributed by atoms with Crippen LogP contribution in [0.1, 0.15) is 31.4 Å². The molecule has 1 fully saturated rings. The maximum atomic E-state index is 11.2. The van der Waals surface area contributed by atoms with Crippen LogP contribution in [0.3, 0.4) is 0 Å². The van der Waals surface area contributed by atoms with Gasteiger partial charge in [0.05, 0.1) is 23.4 Å². The van der Waals surface area contributed by atoms with Crippen molar-refractivity contribution >= 4 is 28.7 Å². The number of carboxylic acid groups (broad SMARTS) is 1. The second-order valence-corrected chi connectivity index (χ2v) is 7.61. The van der Waals surface area contributed by atoms with E-state index in [1.54, 1.807) is 17.8 Å². The van der Waals surface area contributed by atoms with E-state index < -0.39 is 5.97 Å². The Morgan fingerprint density at radius 2 is 2.21 bits per heavy atom. The number of carbonyl (C=O) groups is 1. The van der Waals surface area contributed by atoms with Crippen molar-refractivity contribution in [3.8, 4) is 17.1 Å². The number of anilines is 1. The van der Waals surface area contributed by atoms with Gasteiger partial charge < -0.3 is 15.2 Å². The molecule has 1 saturated carbocycles. The predicted molar refractivity (Wildman–Crippen MR) is 108 cm³/mol. The van der Waals surface area contributed by atoms with E-state index in [0.717, 1.165) is 12.8 Å². The smallest absolute Gasteiger partial charge is 0.306 e. The molecule has 3 rings (SSSR count). The molecule has 28 heavy (non-hydrogen) atoms. The molecule has 2 aromatic heterocycles. The van der Waals surface area contributed by atoms with Crippen molar-refractivity contribution < 1.29 is 14.6 Å². The van der Waals surface area contributed by atoms with Crippen LogP contribution < -0.4 is 10.1 Å². The van der Waals surface area contributed by atoms with Gasteiger partial charge in [-0.05, 0) is 51.0 Å². The van der Waals surface area contributed by atoms with Crippen molar-refractivity contribution in [2.75, 3.05) is 11.6 Å². The van der Waals surface area contributed by atoms with Crippen LogP contribution in [0.5, 0.6) is 5.75 Å². The van der Waals surface area contributed by atoms with Crippen molar-refractivity contribution in [2.24, 2.45) is 13.0 Å². The number of pyridine rings is 1. The molecule has 0 bridgehead atoms. The summed E-state index contributed by atoms with van der Waals surface area (Å²) in [4.78, 5) is 15.8. The molecule has 10 heteroatoms. The summed E-state index contributed by atoms with van der Waals surface area (Å²) in [7, 11) is 1.75. The number of hydrogen-bond donors (Lipinski definition) is 3. The van der Waals surface area contributed by atoms with Crippen molar-refractivity contribution in [3.63, 3.8) is 0 Å². The van der Waals surface area contributed by atoms with Gasteiger partial charge in [0.1, 0.15) is 5.75 Å². The number of aliphatic carboxylic acids is 1. The Balaban J connectivity index is 1.78. The van der Waals surface area contributed by atoms with Gasteiger partial charge in [-0.15, -0.1) is 5.10 Å². The minimum atomic E-state index is -0.753. The maximum absolute atomic E-state index is 11.2. The molecule has 0 radical (unpaired) electrons. The quantitative estimate of drug-likeness (QED) is 0.513. The molecule has 2 heterocycles. The standard InChI is InChI=1S/C18H24N6O3S/c1-10-14(27-12-6-4-5-11(9-12)17(25)26)8-7-13(20-10)15-16(21-18(19)28-3)24(2)23-22-15/h7-8,11-12H,4-6,9H2,1-3H3,(H2,19,21)(H,25,26)/t11-,12-/m0/s1. The summed E-state index contributed by atoms with van der Waals surface area (Å²) in [6, 6.07) is 3.64. The van der Waals surface area contributed by atoms with Crippen molar-refractivity contribution in [1.82, 2.24) is 20.0 Å². The lowest BCUT2D eigenvalue weighted by atomic mass is 9.87. The average Bonchev–Trinajstić information content (AvgIpc) is 3.04. The van der Waals surface area contributed by atoms with Crippen LogP contribution in [0.2, 0.25) is 0 Å². The maximum Gasteiger partial charge on any atom is 0.306 e. The highest BCUT2D eigenvalue weighted by molar-refractivity contribution is 8.13. The third-order valence-electron chi connectivity index (χ3n) is 4.81. The van der Waals surface area contributed by atoms with Gasteiger partial charge in [0.2, 0.25) is 0 Å². The normalized spacial score (nSPS) is 19.2. The number of carboxylic acids is 1. The molecule has 0 saturated heterocycles. The third kappa shape index (κ3) is 4.44. The van der Waals surface area contributed by atoms with Gasteiger partial charge in [-0.25, -0.2) is 9.67 Å². The van der Waals surface area contributed by atoms with Crippen LogP contribution in [-0.2, 0) is 11.8 Å². The van der Waals surface area contributed by atoms with Gasteiger partial charge in [-0.2, -0.15) is 0 Å². The summed E-state index contributed by atoms with van der Waals surface area (Å²) in [5.74, 6) is 0.148. The van der Waals surface area contributed by atoms with E-state index >= 15 is 0 Å². The fourth-order valence-corrected chi connectivity index (χ4v) is 3.49. The summed E-state index contributed by atoms with van der Waals surface area (Å²) in [5, 5.41) is 28.5. The van der Waals surface area contributed by atoms with Gasteiger partial charge in [0.25, 0.3) is 0 Å². The van der Waals surface area contributed by atoms with E-state index in [1.807, 2.05) is 19.2 Å². The van der Waals surface area contributed by atoms with Crippen LogP contribution in [-0.4, -0.2) is 48.6 Å². The molecular formula is C18H24N6O3S. The number of thioether (sulfide) groups is 1. The number of aromatic nitrogens is 4. The van der Waals surface area contributed by atoms with E-state index in [-0.39, 0.29) is 17.2 Å². The highest BCUT2D eigenvalue weighted by Gasteiger charge is 2.28. The van der Waals surface area contributed by atoms with Gasteiger partial charge >= 0.3 is 5.97 Å². The average molecular weight is 404 g/mol. The number of nitrogens with one attached hydrogen (secondary N) is 2. The lowest BCUT2D eigenvalue weighted by molar-refractivity contribution is -0.143. The molecular weight excluding hydrogens is 380 g/mol. The Bertz CT molecular complexity index is 884. The zero-order valence-corrected chi connectivity index (χ0v) is 16.9. The fourth-order valence-electron chi connectivity index (χ4n) is 3.29. The minimum Gasteiger partial charge on any atom is -0.489 e. The van der Waals surface area contributed by atoms with Gasteiger partial charge in [-0.1, -0.05) is 17.0 Å². The molecule has 0 aliphatic heterocycles. The van der Waals surface area contributed by atoms with E-state index in [4.69, 9.17) is 10.1 Å². The van der Waals surface area contributed by atoms with Crippen LogP contribution >= 0.6 is 11.8 Å². The molecule has 9 nitrogen and oxygen atoms in total. The molecule has 2 aromatic rings. The molecule has 1 aliphatic carbocycles. The number of ether oxygens (including phenoxy) is 1. The Kier molecular flexibility index (Phi) is 6.18. The van der Waals surface area contributed by atoms with Crippen LogP contribution in [0, 0.1) is 18.3 Å². The number of nitrogens with zero attached hydrogens (tertiary/aromatic N) is 4. The number of amidine groups is 1. The first-order valence-corrected chi connectivity index (χ1v) is 10.3. The number of rotatable bonds is 5. The molecule has 0 aromatic carbocycles. The molecule has 150 valence electrons. The van der Waals surface area contributed by atoms with E-state index in [0.29, 0.717) is 41.5 Å². The van der Waals surface area contributed by atoms with Gasteiger partial charge in [-0.3, -0.25) is 10.2 Å². The number of aryl methyl sites for hydroxylation is 2. The first-order chi connectivity index (χ1) is 13.4. The summed E-state index contributed by atoms with van der Waals surface area (Å²) in [5.41, 5.74) is 1.88. The minimum absolute atomic E-state index is 0.114. The molecule has 2 atom stereocenters. The second kappa shape index (κ2) is 8.59. The first-order valence-electron chi connectivity index (χ1n) is 9.05. The number of hydrogen-bond acceptors (Lipinski definition) is 7. The van der Waals surface area contributed by atoms with Crippen LogP contribution in [0.15, 0.2) is 12.1 Å². The molecule has 1 aliphatic rings. The monoisotopic (exact) mass is 404 g/mol. The first kappa shape index (κ1) is 20.1. The van der Waals surface area contributed by atoms with Crippen LogP contribution in [0.4, 0.5) is 5.82 Å².